The van der Waals surface area contributed by atoms with Crippen LogP contribution in [0.5, 0.6) is 0 Å². The van der Waals surface area contributed by atoms with Crippen molar-refractivity contribution in [3.8, 4) is 0 Å². The van der Waals surface area contributed by atoms with Crippen molar-refractivity contribution in [2.45, 2.75) is 57.8 Å². The highest BCUT2D eigenvalue weighted by atomic mass is 35.5. The Balaban J connectivity index is 1.84. The van der Waals surface area contributed by atoms with Crippen LogP contribution in [0.3, 0.4) is 0 Å². The lowest BCUT2D eigenvalue weighted by molar-refractivity contribution is 0.304. The molecule has 0 radical (unpaired) electrons. The molecule has 0 aromatic heterocycles. The van der Waals surface area contributed by atoms with E-state index in [1.807, 2.05) is 12.1 Å². The van der Waals surface area contributed by atoms with Crippen LogP contribution in [0.25, 0.3) is 0 Å². The molecule has 17 heavy (non-hydrogen) atoms. The van der Waals surface area contributed by atoms with Gasteiger partial charge in [0.25, 0.3) is 0 Å². The van der Waals surface area contributed by atoms with Crippen LogP contribution in [0.15, 0.2) is 24.3 Å². The van der Waals surface area contributed by atoms with Crippen molar-refractivity contribution in [1.82, 2.24) is 0 Å². The predicted octanol–water partition coefficient (Wildman–Crippen LogP) is 5.80. The van der Waals surface area contributed by atoms with Crippen LogP contribution in [0, 0.1) is 5.92 Å². The highest BCUT2D eigenvalue weighted by Crippen LogP contribution is 2.37. The summed E-state index contributed by atoms with van der Waals surface area (Å²) in [6.07, 6.45) is 9.80. The molecule has 0 aliphatic heterocycles. The third-order valence-corrected chi connectivity index (χ3v) is 4.41. The summed E-state index contributed by atoms with van der Waals surface area (Å²) in [4.78, 5) is 0. The molecule has 94 valence electrons. The van der Waals surface area contributed by atoms with E-state index in [9.17, 15) is 0 Å². The summed E-state index contributed by atoms with van der Waals surface area (Å²) >= 11 is 5.93. The Bertz CT molecular complexity index is 320. The van der Waals surface area contributed by atoms with Gasteiger partial charge in [-0.2, -0.15) is 0 Å². The minimum atomic E-state index is 0.783. The first-order valence-electron chi connectivity index (χ1n) is 7.05. The van der Waals surface area contributed by atoms with Crippen molar-refractivity contribution in [2.24, 2.45) is 5.92 Å². The van der Waals surface area contributed by atoms with Gasteiger partial charge in [-0.1, -0.05) is 49.9 Å². The Hall–Kier alpha value is -0.490. The summed E-state index contributed by atoms with van der Waals surface area (Å²) in [5.74, 6) is 1.78. The molecule has 1 saturated carbocycles. The van der Waals surface area contributed by atoms with Gasteiger partial charge in [-0.25, -0.2) is 0 Å². The molecule has 1 aliphatic rings. The average molecular weight is 251 g/mol. The molecule has 0 N–H and O–H groups in total. The predicted molar refractivity (Wildman–Crippen MR) is 75.7 cm³/mol. The second-order valence-electron chi connectivity index (χ2n) is 5.41. The fourth-order valence-electron chi connectivity index (χ4n) is 3.01. The van der Waals surface area contributed by atoms with E-state index >= 15 is 0 Å². The van der Waals surface area contributed by atoms with Crippen LogP contribution >= 0.6 is 11.6 Å². The SMILES string of the molecule is CCCC[C@H]1CC[C@H](c2ccc(Cl)cc2)CC1. The molecule has 1 aromatic carbocycles. The Morgan fingerprint density at radius 1 is 1.06 bits per heavy atom. The zero-order chi connectivity index (χ0) is 12.1. The molecule has 0 saturated heterocycles. The number of benzene rings is 1. The molecule has 0 unspecified atom stereocenters. The summed E-state index contributed by atoms with van der Waals surface area (Å²) in [7, 11) is 0. The van der Waals surface area contributed by atoms with E-state index in [0.29, 0.717) is 0 Å². The molecule has 0 heterocycles. The molecule has 1 aromatic rings. The first kappa shape index (κ1) is 13.0. The second-order valence-corrected chi connectivity index (χ2v) is 5.85. The summed E-state index contributed by atoms with van der Waals surface area (Å²) < 4.78 is 0. The van der Waals surface area contributed by atoms with Gasteiger partial charge in [0.1, 0.15) is 0 Å². The standard InChI is InChI=1S/C16H23Cl/c1-2-3-4-13-5-7-14(8-6-13)15-9-11-16(17)12-10-15/h9-14H,2-8H2,1H3/t13-,14-. The fraction of sp³-hybridized carbons (Fsp3) is 0.625. The lowest BCUT2D eigenvalue weighted by Crippen LogP contribution is -2.13. The van der Waals surface area contributed by atoms with E-state index < -0.39 is 0 Å². The summed E-state index contributed by atoms with van der Waals surface area (Å²) in [6, 6.07) is 8.47. The van der Waals surface area contributed by atoms with Gasteiger partial charge in [0, 0.05) is 5.02 Å². The normalized spacial score (nSPS) is 24.8. The number of unbranched alkanes of at least 4 members (excludes halogenated alkanes) is 1. The molecule has 0 spiro atoms. The lowest BCUT2D eigenvalue weighted by Gasteiger charge is -2.28. The van der Waals surface area contributed by atoms with Crippen molar-refractivity contribution >= 4 is 11.6 Å². The minimum Gasteiger partial charge on any atom is -0.0843 e. The van der Waals surface area contributed by atoms with E-state index in [-0.39, 0.29) is 0 Å². The third kappa shape index (κ3) is 3.74. The van der Waals surface area contributed by atoms with Crippen molar-refractivity contribution in [2.75, 3.05) is 0 Å². The number of rotatable bonds is 4. The molecule has 0 amide bonds. The molecule has 0 nitrogen and oxygen atoms in total. The topological polar surface area (TPSA) is 0 Å². The van der Waals surface area contributed by atoms with Crippen LogP contribution in [0.4, 0.5) is 0 Å². The van der Waals surface area contributed by atoms with Gasteiger partial charge >= 0.3 is 0 Å². The monoisotopic (exact) mass is 250 g/mol. The average Bonchev–Trinajstić information content (AvgIpc) is 2.38. The Kier molecular flexibility index (Phi) is 4.91. The molecule has 0 bridgehead atoms. The smallest absolute Gasteiger partial charge is 0.0406 e. The molecule has 0 atom stereocenters. The van der Waals surface area contributed by atoms with Gasteiger partial charge in [0.2, 0.25) is 0 Å². The highest BCUT2D eigenvalue weighted by molar-refractivity contribution is 6.30. The maximum Gasteiger partial charge on any atom is 0.0406 e. The van der Waals surface area contributed by atoms with E-state index in [0.717, 1.165) is 16.9 Å². The van der Waals surface area contributed by atoms with Gasteiger partial charge in [0.05, 0.1) is 0 Å². The van der Waals surface area contributed by atoms with Gasteiger partial charge < -0.3 is 0 Å². The Morgan fingerprint density at radius 3 is 2.29 bits per heavy atom. The van der Waals surface area contributed by atoms with Gasteiger partial charge in [-0.15, -0.1) is 0 Å². The number of halogens is 1. The zero-order valence-corrected chi connectivity index (χ0v) is 11.5. The third-order valence-electron chi connectivity index (χ3n) is 4.15. The van der Waals surface area contributed by atoms with E-state index in [4.69, 9.17) is 11.6 Å². The molecule has 2 rings (SSSR count). The van der Waals surface area contributed by atoms with E-state index in [1.165, 1.54) is 50.5 Å². The van der Waals surface area contributed by atoms with Crippen molar-refractivity contribution in [3.05, 3.63) is 34.9 Å². The van der Waals surface area contributed by atoms with E-state index in [1.54, 1.807) is 0 Å². The van der Waals surface area contributed by atoms with Crippen LogP contribution in [0.2, 0.25) is 5.02 Å². The lowest BCUT2D eigenvalue weighted by atomic mass is 9.77. The fourth-order valence-corrected chi connectivity index (χ4v) is 3.14. The molecule has 1 fully saturated rings. The largest absolute Gasteiger partial charge is 0.0843 e. The van der Waals surface area contributed by atoms with E-state index in [2.05, 4.69) is 19.1 Å². The van der Waals surface area contributed by atoms with Crippen molar-refractivity contribution in [1.29, 1.82) is 0 Å². The number of hydrogen-bond donors (Lipinski definition) is 0. The van der Waals surface area contributed by atoms with Crippen molar-refractivity contribution in [3.63, 3.8) is 0 Å². The summed E-state index contributed by atoms with van der Waals surface area (Å²) in [6.45, 7) is 2.29. The quantitative estimate of drug-likeness (QED) is 0.633. The second kappa shape index (κ2) is 6.44. The Labute approximate surface area is 110 Å². The first-order valence-corrected chi connectivity index (χ1v) is 7.43. The van der Waals surface area contributed by atoms with Gasteiger partial charge in [-0.3, -0.25) is 0 Å². The molecular weight excluding hydrogens is 228 g/mol. The number of hydrogen-bond acceptors (Lipinski definition) is 0. The van der Waals surface area contributed by atoms with Crippen LogP contribution < -0.4 is 0 Å². The van der Waals surface area contributed by atoms with Crippen LogP contribution in [-0.4, -0.2) is 0 Å². The zero-order valence-electron chi connectivity index (χ0n) is 10.8. The molecule has 1 heteroatoms. The summed E-state index contributed by atoms with van der Waals surface area (Å²) in [5.41, 5.74) is 1.49. The van der Waals surface area contributed by atoms with Crippen LogP contribution in [0.1, 0.15) is 63.4 Å². The minimum absolute atomic E-state index is 0.783. The molecule has 1 aliphatic carbocycles. The maximum absolute atomic E-state index is 5.93. The van der Waals surface area contributed by atoms with Gasteiger partial charge in [0.15, 0.2) is 0 Å². The first-order chi connectivity index (χ1) is 8.29. The summed E-state index contributed by atoms with van der Waals surface area (Å²) in [5, 5.41) is 0.852. The van der Waals surface area contributed by atoms with Gasteiger partial charge in [-0.05, 0) is 55.2 Å². The van der Waals surface area contributed by atoms with Crippen LogP contribution in [-0.2, 0) is 0 Å². The Morgan fingerprint density at radius 2 is 1.71 bits per heavy atom. The maximum atomic E-state index is 5.93. The molecular formula is C16H23Cl. The highest BCUT2D eigenvalue weighted by Gasteiger charge is 2.21. The van der Waals surface area contributed by atoms with Crippen molar-refractivity contribution < 1.29 is 0 Å².